The Bertz CT molecular complexity index is 612. The van der Waals surface area contributed by atoms with Gasteiger partial charge in [0.1, 0.15) is 0 Å². The van der Waals surface area contributed by atoms with E-state index in [2.05, 4.69) is 39.8 Å². The number of allylic oxidation sites excluding steroid dienone is 1. The summed E-state index contributed by atoms with van der Waals surface area (Å²) in [6, 6.07) is 0. The van der Waals surface area contributed by atoms with Crippen molar-refractivity contribution < 1.29 is 0 Å². The van der Waals surface area contributed by atoms with Gasteiger partial charge in [-0.15, -0.1) is 0 Å². The number of rotatable bonds is 0. The molecule has 100 valence electrons. The minimum Gasteiger partial charge on any atom is -0.0795 e. The Morgan fingerprint density at radius 3 is 1.79 bits per heavy atom. The number of fused-ring (bicyclic) bond motifs is 6. The third-order valence-corrected chi connectivity index (χ3v) is 5.34. The van der Waals surface area contributed by atoms with Crippen LogP contribution in [0.1, 0.15) is 61.1 Å². The van der Waals surface area contributed by atoms with E-state index in [-0.39, 0.29) is 0 Å². The molecule has 0 bridgehead atoms. The topological polar surface area (TPSA) is 0 Å². The Hall–Kier alpha value is -1.04. The Morgan fingerprint density at radius 1 is 0.684 bits per heavy atom. The van der Waals surface area contributed by atoms with Gasteiger partial charge in [0, 0.05) is 0 Å². The predicted octanol–water partition coefficient (Wildman–Crippen LogP) is 4.51. The van der Waals surface area contributed by atoms with Crippen LogP contribution < -0.4 is 0 Å². The zero-order valence-corrected chi connectivity index (χ0v) is 12.7. The number of benzene rings is 1. The predicted molar refractivity (Wildman–Crippen MR) is 81.6 cm³/mol. The van der Waals surface area contributed by atoms with Gasteiger partial charge in [-0.05, 0) is 76.3 Å². The van der Waals surface area contributed by atoms with E-state index in [1.807, 2.05) is 0 Å². The van der Waals surface area contributed by atoms with Crippen molar-refractivity contribution in [1.29, 1.82) is 0 Å². The highest BCUT2D eigenvalue weighted by atomic mass is 14.4. The van der Waals surface area contributed by atoms with Gasteiger partial charge in [0.25, 0.3) is 0 Å². The van der Waals surface area contributed by atoms with Crippen molar-refractivity contribution >= 4 is 6.08 Å². The molecule has 1 aromatic rings. The molecule has 1 aromatic carbocycles. The first-order chi connectivity index (χ1) is 8.86. The van der Waals surface area contributed by atoms with Gasteiger partial charge in [-0.3, -0.25) is 0 Å². The van der Waals surface area contributed by atoms with Gasteiger partial charge in [-0.1, -0.05) is 39.8 Å². The molecule has 0 amide bonds. The average Bonchev–Trinajstić information content (AvgIpc) is 2.91. The first-order valence-electron chi connectivity index (χ1n) is 7.71. The Morgan fingerprint density at radius 2 is 1.16 bits per heavy atom. The molecule has 4 rings (SSSR count). The minimum atomic E-state index is 0.467. The summed E-state index contributed by atoms with van der Waals surface area (Å²) < 4.78 is 0. The average molecular weight is 252 g/mol. The second kappa shape index (κ2) is 3.34. The maximum absolute atomic E-state index is 2.44. The van der Waals surface area contributed by atoms with Crippen LogP contribution in [0.3, 0.4) is 0 Å². The van der Waals surface area contributed by atoms with Crippen LogP contribution in [0.2, 0.25) is 0 Å². The van der Waals surface area contributed by atoms with E-state index >= 15 is 0 Å². The van der Waals surface area contributed by atoms with Crippen molar-refractivity contribution in [1.82, 2.24) is 0 Å². The molecule has 0 saturated heterocycles. The fraction of sp³-hybridized carbons (Fsp3) is 0.579. The fourth-order valence-corrected chi connectivity index (χ4v) is 4.66. The van der Waals surface area contributed by atoms with E-state index in [1.165, 1.54) is 32.1 Å². The summed E-state index contributed by atoms with van der Waals surface area (Å²) >= 11 is 0. The van der Waals surface area contributed by atoms with Gasteiger partial charge in [-0.2, -0.15) is 0 Å². The molecule has 0 fully saturated rings. The van der Waals surface area contributed by atoms with Gasteiger partial charge in [0.05, 0.1) is 0 Å². The molecular formula is C19H24. The van der Waals surface area contributed by atoms with Gasteiger partial charge in [-0.25, -0.2) is 0 Å². The van der Waals surface area contributed by atoms with E-state index < -0.39 is 0 Å². The van der Waals surface area contributed by atoms with E-state index in [0.717, 1.165) is 0 Å². The molecule has 3 aliphatic carbocycles. The summed E-state index contributed by atoms with van der Waals surface area (Å²) in [6.07, 6.45) is 11.1. The summed E-state index contributed by atoms with van der Waals surface area (Å²) in [4.78, 5) is 0. The van der Waals surface area contributed by atoms with Gasteiger partial charge in [0.2, 0.25) is 0 Å². The van der Waals surface area contributed by atoms with Crippen molar-refractivity contribution in [3.8, 4) is 0 Å². The monoisotopic (exact) mass is 252 g/mol. The van der Waals surface area contributed by atoms with Crippen LogP contribution in [0, 0.1) is 10.8 Å². The summed E-state index contributed by atoms with van der Waals surface area (Å²) in [6.45, 7) is 9.75. The van der Waals surface area contributed by atoms with Crippen LogP contribution in [0.4, 0.5) is 0 Å². The summed E-state index contributed by atoms with van der Waals surface area (Å²) in [7, 11) is 0. The molecule has 3 aliphatic rings. The van der Waals surface area contributed by atoms with E-state index in [9.17, 15) is 0 Å². The van der Waals surface area contributed by atoms with Crippen LogP contribution in [0.15, 0.2) is 6.08 Å². The molecule has 0 atom stereocenters. The summed E-state index contributed by atoms with van der Waals surface area (Å²) in [5.74, 6) is 0. The second-order valence-corrected chi connectivity index (χ2v) is 8.45. The zero-order valence-electron chi connectivity index (χ0n) is 12.7. The van der Waals surface area contributed by atoms with E-state index in [1.54, 1.807) is 33.4 Å². The highest BCUT2D eigenvalue weighted by molar-refractivity contribution is 5.71. The quantitative estimate of drug-likeness (QED) is 0.637. The normalized spacial score (nSPS) is 24.4. The summed E-state index contributed by atoms with van der Waals surface area (Å²) in [5.41, 5.74) is 11.1. The maximum atomic E-state index is 2.44. The van der Waals surface area contributed by atoms with Crippen molar-refractivity contribution in [2.75, 3.05) is 0 Å². The van der Waals surface area contributed by atoms with Crippen molar-refractivity contribution in [3.05, 3.63) is 39.5 Å². The van der Waals surface area contributed by atoms with E-state index in [4.69, 9.17) is 0 Å². The van der Waals surface area contributed by atoms with Gasteiger partial charge >= 0.3 is 0 Å². The smallest absolute Gasteiger partial charge is 0.00852 e. The lowest BCUT2D eigenvalue weighted by Crippen LogP contribution is -2.11. The third-order valence-electron chi connectivity index (χ3n) is 5.34. The van der Waals surface area contributed by atoms with E-state index in [0.29, 0.717) is 10.8 Å². The first-order valence-corrected chi connectivity index (χ1v) is 7.71. The van der Waals surface area contributed by atoms with Crippen molar-refractivity contribution in [2.24, 2.45) is 10.8 Å². The second-order valence-electron chi connectivity index (χ2n) is 8.45. The molecule has 0 N–H and O–H groups in total. The van der Waals surface area contributed by atoms with Gasteiger partial charge < -0.3 is 0 Å². The van der Waals surface area contributed by atoms with Crippen molar-refractivity contribution in [2.45, 2.75) is 59.8 Å². The Balaban J connectivity index is 1.99. The SMILES string of the molecule is CC1(C)Cc2c3c(c4c(c2C1)CC(C)(C)C4)CC=C3. The maximum Gasteiger partial charge on any atom is -0.00852 e. The number of hydrogen-bond acceptors (Lipinski definition) is 0. The van der Waals surface area contributed by atoms with Crippen LogP contribution in [-0.2, 0) is 32.1 Å². The highest BCUT2D eigenvalue weighted by Crippen LogP contribution is 2.49. The standard InChI is InChI=1S/C19H24/c1-18(2)8-14-12-6-5-7-13(12)15-9-19(3,4)11-17(15)16(14)10-18/h5-6H,7-11H2,1-4H3. The molecule has 0 saturated carbocycles. The van der Waals surface area contributed by atoms with Gasteiger partial charge in [0.15, 0.2) is 0 Å². The fourth-order valence-electron chi connectivity index (χ4n) is 4.66. The third kappa shape index (κ3) is 1.58. The molecule has 19 heavy (non-hydrogen) atoms. The molecule has 0 nitrogen and oxygen atoms in total. The first kappa shape index (κ1) is 11.8. The minimum absolute atomic E-state index is 0.467. The molecule has 0 aliphatic heterocycles. The molecule has 0 unspecified atom stereocenters. The Kier molecular flexibility index (Phi) is 2.07. The van der Waals surface area contributed by atoms with Crippen molar-refractivity contribution in [3.63, 3.8) is 0 Å². The Labute approximate surface area is 116 Å². The molecular weight excluding hydrogens is 228 g/mol. The van der Waals surface area contributed by atoms with Crippen LogP contribution in [0.25, 0.3) is 6.08 Å². The molecule has 0 aromatic heterocycles. The van der Waals surface area contributed by atoms with Crippen LogP contribution in [0.5, 0.6) is 0 Å². The molecule has 0 heterocycles. The molecule has 0 radical (unpaired) electrons. The largest absolute Gasteiger partial charge is 0.0795 e. The zero-order chi connectivity index (χ0) is 13.4. The van der Waals surface area contributed by atoms with Crippen LogP contribution >= 0.6 is 0 Å². The van der Waals surface area contributed by atoms with Crippen LogP contribution in [-0.4, -0.2) is 0 Å². The highest BCUT2D eigenvalue weighted by Gasteiger charge is 2.40. The molecule has 0 heteroatoms. The lowest BCUT2D eigenvalue weighted by molar-refractivity contribution is 0.383. The summed E-state index contributed by atoms with van der Waals surface area (Å²) in [5, 5.41) is 0. The lowest BCUT2D eigenvalue weighted by atomic mass is 9.88. The lowest BCUT2D eigenvalue weighted by Gasteiger charge is -2.17. The number of hydrogen-bond donors (Lipinski definition) is 0. The molecule has 0 spiro atoms.